The molecule has 2 amide bonds. The van der Waals surface area contributed by atoms with Crippen LogP contribution in [0.25, 0.3) is 11.0 Å². The van der Waals surface area contributed by atoms with E-state index in [1.807, 2.05) is 47.6 Å². The number of nitrogens with zero attached hydrogens (tertiary/aromatic N) is 4. The monoisotopic (exact) mass is 397 g/mol. The van der Waals surface area contributed by atoms with E-state index in [-0.39, 0.29) is 6.03 Å². The topological polar surface area (TPSA) is 53.4 Å². The summed E-state index contributed by atoms with van der Waals surface area (Å²) >= 11 is 6.08. The summed E-state index contributed by atoms with van der Waals surface area (Å²) in [5.41, 5.74) is 3.25. The molecule has 2 aromatic carbocycles. The van der Waals surface area contributed by atoms with Crippen molar-refractivity contribution in [1.29, 1.82) is 0 Å². The summed E-state index contributed by atoms with van der Waals surface area (Å²) in [6.07, 6.45) is 2.73. The summed E-state index contributed by atoms with van der Waals surface area (Å²) < 4.78 is 2.13. The number of hydrogen-bond acceptors (Lipinski definition) is 3. The molecule has 3 aromatic rings. The zero-order chi connectivity index (χ0) is 19.3. The first-order valence-electron chi connectivity index (χ1n) is 9.64. The SMILES string of the molecule is O=C(NCCCn1cnc2ccccc21)N1CCN(c2cccc(Cl)c2)CC1. The molecule has 0 unspecified atom stereocenters. The first-order chi connectivity index (χ1) is 13.7. The summed E-state index contributed by atoms with van der Waals surface area (Å²) in [6, 6.07) is 16.0. The van der Waals surface area contributed by atoms with Gasteiger partial charge in [-0.2, -0.15) is 0 Å². The van der Waals surface area contributed by atoms with Crippen molar-refractivity contribution >= 4 is 34.4 Å². The first kappa shape index (κ1) is 18.6. The Morgan fingerprint density at radius 2 is 1.89 bits per heavy atom. The van der Waals surface area contributed by atoms with Crippen LogP contribution in [0.15, 0.2) is 54.9 Å². The van der Waals surface area contributed by atoms with Crippen LogP contribution in [0.2, 0.25) is 5.02 Å². The van der Waals surface area contributed by atoms with Crippen LogP contribution in [0.1, 0.15) is 6.42 Å². The molecule has 0 aliphatic carbocycles. The standard InChI is InChI=1S/C21H24ClN5O/c22-17-5-3-6-18(15-17)25-11-13-26(14-12-25)21(28)23-9-4-10-27-16-24-19-7-1-2-8-20(19)27/h1-3,5-8,15-16H,4,9-14H2,(H,23,28). The lowest BCUT2D eigenvalue weighted by Gasteiger charge is -2.36. The first-order valence-corrected chi connectivity index (χ1v) is 10.0. The predicted octanol–water partition coefficient (Wildman–Crippen LogP) is 3.61. The molecule has 0 atom stereocenters. The second-order valence-electron chi connectivity index (χ2n) is 6.97. The predicted molar refractivity (Wildman–Crippen MR) is 113 cm³/mol. The number of imidazole rings is 1. The largest absolute Gasteiger partial charge is 0.368 e. The summed E-state index contributed by atoms with van der Waals surface area (Å²) in [6.45, 7) is 4.54. The minimum absolute atomic E-state index is 0.0150. The number of nitrogens with one attached hydrogen (secondary N) is 1. The van der Waals surface area contributed by atoms with Crippen molar-refractivity contribution in [3.05, 3.63) is 59.9 Å². The molecule has 7 heteroatoms. The summed E-state index contributed by atoms with van der Waals surface area (Å²) in [5.74, 6) is 0. The van der Waals surface area contributed by atoms with E-state index in [1.165, 1.54) is 0 Å². The highest BCUT2D eigenvalue weighted by Gasteiger charge is 2.21. The van der Waals surface area contributed by atoms with Gasteiger partial charge in [0.2, 0.25) is 0 Å². The number of amides is 2. The summed E-state index contributed by atoms with van der Waals surface area (Å²) in [5, 5.41) is 3.78. The molecule has 0 bridgehead atoms. The Balaban J connectivity index is 1.21. The fraction of sp³-hybridized carbons (Fsp3) is 0.333. The second kappa shape index (κ2) is 8.52. The van der Waals surface area contributed by atoms with E-state index < -0.39 is 0 Å². The van der Waals surface area contributed by atoms with Crippen LogP contribution in [0.3, 0.4) is 0 Å². The van der Waals surface area contributed by atoms with Crippen LogP contribution in [-0.2, 0) is 6.54 Å². The van der Waals surface area contributed by atoms with Gasteiger partial charge in [0.05, 0.1) is 17.4 Å². The number of carbonyl (C=O) groups is 1. The van der Waals surface area contributed by atoms with Crippen LogP contribution in [0.4, 0.5) is 10.5 Å². The minimum Gasteiger partial charge on any atom is -0.368 e. The van der Waals surface area contributed by atoms with Crippen molar-refractivity contribution in [2.24, 2.45) is 0 Å². The van der Waals surface area contributed by atoms with E-state index in [2.05, 4.69) is 31.9 Å². The van der Waals surface area contributed by atoms with Crippen LogP contribution in [-0.4, -0.2) is 53.2 Å². The molecule has 0 saturated carbocycles. The quantitative estimate of drug-likeness (QED) is 0.669. The van der Waals surface area contributed by atoms with Gasteiger partial charge in [-0.3, -0.25) is 0 Å². The molecule has 146 valence electrons. The van der Waals surface area contributed by atoms with Gasteiger partial charge in [0, 0.05) is 50.0 Å². The molecule has 1 saturated heterocycles. The number of anilines is 1. The number of fused-ring (bicyclic) bond motifs is 1. The Morgan fingerprint density at radius 1 is 1.07 bits per heavy atom. The number of benzene rings is 2. The van der Waals surface area contributed by atoms with Gasteiger partial charge < -0.3 is 19.7 Å². The van der Waals surface area contributed by atoms with Crippen molar-refractivity contribution in [3.63, 3.8) is 0 Å². The molecule has 1 N–H and O–H groups in total. The van der Waals surface area contributed by atoms with Gasteiger partial charge in [0.25, 0.3) is 0 Å². The lowest BCUT2D eigenvalue weighted by atomic mass is 10.2. The van der Waals surface area contributed by atoms with E-state index in [0.717, 1.165) is 47.8 Å². The molecule has 4 rings (SSSR count). The molecule has 1 fully saturated rings. The molecule has 2 heterocycles. The van der Waals surface area contributed by atoms with Crippen LogP contribution < -0.4 is 10.2 Å². The Morgan fingerprint density at radius 3 is 2.71 bits per heavy atom. The normalized spacial score (nSPS) is 14.5. The molecule has 1 aromatic heterocycles. The van der Waals surface area contributed by atoms with E-state index in [4.69, 9.17) is 11.6 Å². The number of halogens is 1. The highest BCUT2D eigenvalue weighted by Crippen LogP contribution is 2.20. The highest BCUT2D eigenvalue weighted by molar-refractivity contribution is 6.30. The molecule has 1 aliphatic rings. The molecular weight excluding hydrogens is 374 g/mol. The minimum atomic E-state index is 0.0150. The van der Waals surface area contributed by atoms with Gasteiger partial charge >= 0.3 is 6.03 Å². The zero-order valence-corrected chi connectivity index (χ0v) is 16.5. The number of carbonyl (C=O) groups excluding carboxylic acids is 1. The van der Waals surface area contributed by atoms with Gasteiger partial charge in [-0.15, -0.1) is 0 Å². The van der Waals surface area contributed by atoms with Crippen molar-refractivity contribution in [1.82, 2.24) is 19.8 Å². The third kappa shape index (κ3) is 4.22. The Labute approximate surface area is 169 Å². The van der Waals surface area contributed by atoms with Gasteiger partial charge in [-0.05, 0) is 36.8 Å². The zero-order valence-electron chi connectivity index (χ0n) is 15.7. The number of urea groups is 1. The van der Waals surface area contributed by atoms with E-state index in [0.29, 0.717) is 19.6 Å². The highest BCUT2D eigenvalue weighted by atomic mass is 35.5. The second-order valence-corrected chi connectivity index (χ2v) is 7.40. The van der Waals surface area contributed by atoms with Crippen LogP contribution in [0.5, 0.6) is 0 Å². The Kier molecular flexibility index (Phi) is 5.67. The van der Waals surface area contributed by atoms with Crippen molar-refractivity contribution in [2.45, 2.75) is 13.0 Å². The Hall–Kier alpha value is -2.73. The van der Waals surface area contributed by atoms with Gasteiger partial charge in [-0.25, -0.2) is 9.78 Å². The van der Waals surface area contributed by atoms with Crippen molar-refractivity contribution in [3.8, 4) is 0 Å². The van der Waals surface area contributed by atoms with Crippen molar-refractivity contribution in [2.75, 3.05) is 37.6 Å². The molecule has 1 aliphatic heterocycles. The van der Waals surface area contributed by atoms with Crippen LogP contribution in [0, 0.1) is 0 Å². The maximum atomic E-state index is 12.4. The van der Waals surface area contributed by atoms with E-state index in [1.54, 1.807) is 0 Å². The summed E-state index contributed by atoms with van der Waals surface area (Å²) in [7, 11) is 0. The maximum Gasteiger partial charge on any atom is 0.317 e. The summed E-state index contributed by atoms with van der Waals surface area (Å²) in [4.78, 5) is 21.0. The fourth-order valence-electron chi connectivity index (χ4n) is 3.59. The average Bonchev–Trinajstić information content (AvgIpc) is 3.14. The lowest BCUT2D eigenvalue weighted by Crippen LogP contribution is -2.52. The molecule has 6 nitrogen and oxygen atoms in total. The fourth-order valence-corrected chi connectivity index (χ4v) is 3.77. The Bertz CT molecular complexity index is 949. The average molecular weight is 398 g/mol. The number of rotatable bonds is 5. The van der Waals surface area contributed by atoms with E-state index >= 15 is 0 Å². The third-order valence-electron chi connectivity index (χ3n) is 5.12. The van der Waals surface area contributed by atoms with Crippen molar-refractivity contribution < 1.29 is 4.79 Å². The molecule has 28 heavy (non-hydrogen) atoms. The molecular formula is C21H24ClN5O. The van der Waals surface area contributed by atoms with Gasteiger partial charge in [0.1, 0.15) is 0 Å². The van der Waals surface area contributed by atoms with E-state index in [9.17, 15) is 4.79 Å². The van der Waals surface area contributed by atoms with Gasteiger partial charge in [0.15, 0.2) is 0 Å². The number of aryl methyl sites for hydroxylation is 1. The maximum absolute atomic E-state index is 12.4. The molecule has 0 spiro atoms. The molecule has 0 radical (unpaired) electrons. The van der Waals surface area contributed by atoms with Gasteiger partial charge in [-0.1, -0.05) is 29.8 Å². The third-order valence-corrected chi connectivity index (χ3v) is 5.35. The number of hydrogen-bond donors (Lipinski definition) is 1. The number of aromatic nitrogens is 2. The lowest BCUT2D eigenvalue weighted by molar-refractivity contribution is 0.194. The van der Waals surface area contributed by atoms with Crippen LogP contribution >= 0.6 is 11.6 Å². The number of piperazine rings is 1. The smallest absolute Gasteiger partial charge is 0.317 e. The number of para-hydroxylation sites is 2.